The molecule has 2 aromatic carbocycles. The highest BCUT2D eigenvalue weighted by atomic mass is 16.5. The summed E-state index contributed by atoms with van der Waals surface area (Å²) >= 11 is 0. The van der Waals surface area contributed by atoms with Gasteiger partial charge in [0.05, 0.1) is 37.3 Å². The molecular formula is C24H28N4O4. The molecular weight excluding hydrogens is 408 g/mol. The molecule has 1 fully saturated rings. The number of benzene rings is 2. The lowest BCUT2D eigenvalue weighted by molar-refractivity contribution is -0.131. The number of fused-ring (bicyclic) bond motifs is 1. The zero-order chi connectivity index (χ0) is 22.9. The highest BCUT2D eigenvalue weighted by Gasteiger charge is 2.38. The molecule has 3 atom stereocenters. The standard InChI is InChI=1S/C24H28N4O4/c1-24(14-32-2)12-20(30)28(23(25)27-24)13-15-6-5-8-17(10-15)22(31)26-21-18-9-4-3-7-16(18)11-19(21)29/h3-10,19,21,29H,11-14H2,1-2H3,(H2,25,27)(H,26,31)/t19?,21-,24?/m1/s1. The summed E-state index contributed by atoms with van der Waals surface area (Å²) in [6.45, 7) is 2.35. The number of hydrogen-bond donors (Lipinski definition) is 4. The van der Waals surface area contributed by atoms with Crippen LogP contribution in [0.2, 0.25) is 0 Å². The molecule has 8 heteroatoms. The summed E-state index contributed by atoms with van der Waals surface area (Å²) in [5.74, 6) is -0.450. The minimum Gasteiger partial charge on any atom is -0.390 e. The number of amides is 2. The molecule has 1 saturated heterocycles. The Morgan fingerprint density at radius 2 is 2.09 bits per heavy atom. The molecule has 8 nitrogen and oxygen atoms in total. The minimum atomic E-state index is -0.668. The molecule has 2 aromatic rings. The van der Waals surface area contributed by atoms with Gasteiger partial charge in [0.2, 0.25) is 5.91 Å². The number of nitrogens with zero attached hydrogens (tertiary/aromatic N) is 1. The molecule has 0 radical (unpaired) electrons. The largest absolute Gasteiger partial charge is 0.390 e. The van der Waals surface area contributed by atoms with Crippen molar-refractivity contribution in [1.82, 2.24) is 15.5 Å². The van der Waals surface area contributed by atoms with Crippen LogP contribution in [0.3, 0.4) is 0 Å². The van der Waals surface area contributed by atoms with Gasteiger partial charge < -0.3 is 20.5 Å². The van der Waals surface area contributed by atoms with Crippen molar-refractivity contribution in [3.8, 4) is 0 Å². The molecule has 2 aliphatic rings. The number of aliphatic hydroxyl groups is 1. The topological polar surface area (TPSA) is 115 Å². The van der Waals surface area contributed by atoms with Crippen LogP contribution in [-0.4, -0.2) is 53.1 Å². The zero-order valence-electron chi connectivity index (χ0n) is 18.2. The Morgan fingerprint density at radius 3 is 2.84 bits per heavy atom. The first-order valence-corrected chi connectivity index (χ1v) is 10.6. The molecule has 1 aliphatic heterocycles. The summed E-state index contributed by atoms with van der Waals surface area (Å²) in [5.41, 5.74) is 2.53. The average Bonchev–Trinajstić information content (AvgIpc) is 3.06. The van der Waals surface area contributed by atoms with Gasteiger partial charge in [0.1, 0.15) is 0 Å². The molecule has 0 bridgehead atoms. The van der Waals surface area contributed by atoms with Crippen LogP contribution in [0.1, 0.15) is 46.4 Å². The number of ether oxygens (including phenoxy) is 1. The number of methoxy groups -OCH3 is 1. The lowest BCUT2D eigenvalue weighted by Gasteiger charge is -2.40. The Labute approximate surface area is 187 Å². The van der Waals surface area contributed by atoms with Crippen LogP contribution in [0.5, 0.6) is 0 Å². The van der Waals surface area contributed by atoms with Gasteiger partial charge in [-0.2, -0.15) is 0 Å². The third-order valence-electron chi connectivity index (χ3n) is 6.02. The van der Waals surface area contributed by atoms with E-state index in [1.54, 1.807) is 25.3 Å². The first-order valence-electron chi connectivity index (χ1n) is 10.6. The summed E-state index contributed by atoms with van der Waals surface area (Å²) in [6.07, 6.45) is 0.0519. The highest BCUT2D eigenvalue weighted by Crippen LogP contribution is 2.31. The second-order valence-electron chi connectivity index (χ2n) is 8.75. The van der Waals surface area contributed by atoms with Crippen LogP contribution in [0, 0.1) is 5.41 Å². The van der Waals surface area contributed by atoms with E-state index in [2.05, 4.69) is 10.6 Å². The summed E-state index contributed by atoms with van der Waals surface area (Å²) < 4.78 is 5.17. The number of rotatable bonds is 6. The predicted molar refractivity (Wildman–Crippen MR) is 119 cm³/mol. The van der Waals surface area contributed by atoms with Gasteiger partial charge in [-0.25, -0.2) is 0 Å². The second kappa shape index (κ2) is 8.72. The Hall–Kier alpha value is -3.23. The molecule has 2 amide bonds. The normalized spacial score (nSPS) is 24.8. The Morgan fingerprint density at radius 1 is 1.31 bits per heavy atom. The molecule has 1 aliphatic carbocycles. The monoisotopic (exact) mass is 436 g/mol. The first-order chi connectivity index (χ1) is 15.3. The Balaban J connectivity index is 1.46. The van der Waals surface area contributed by atoms with E-state index in [9.17, 15) is 14.7 Å². The number of carbonyl (C=O) groups excluding carboxylic acids is 2. The molecule has 0 spiro atoms. The average molecular weight is 437 g/mol. The van der Waals surface area contributed by atoms with E-state index in [4.69, 9.17) is 10.1 Å². The van der Waals surface area contributed by atoms with Crippen molar-refractivity contribution in [1.29, 1.82) is 5.41 Å². The number of nitrogens with one attached hydrogen (secondary N) is 3. The zero-order valence-corrected chi connectivity index (χ0v) is 18.2. The maximum absolute atomic E-state index is 12.9. The Bertz CT molecular complexity index is 1040. The van der Waals surface area contributed by atoms with Gasteiger partial charge in [-0.05, 0) is 35.7 Å². The summed E-state index contributed by atoms with van der Waals surface area (Å²) in [5, 5.41) is 24.7. The third-order valence-corrected chi connectivity index (χ3v) is 6.02. The molecule has 4 rings (SSSR count). The van der Waals surface area contributed by atoms with Crippen molar-refractivity contribution < 1.29 is 19.4 Å². The molecule has 2 unspecified atom stereocenters. The highest BCUT2D eigenvalue weighted by molar-refractivity contribution is 5.99. The quantitative estimate of drug-likeness (QED) is 0.551. The molecule has 32 heavy (non-hydrogen) atoms. The second-order valence-corrected chi connectivity index (χ2v) is 8.75. The van der Waals surface area contributed by atoms with Crippen molar-refractivity contribution in [2.45, 2.75) is 44.0 Å². The maximum atomic E-state index is 12.9. The first kappa shape index (κ1) is 22.0. The van der Waals surface area contributed by atoms with Crippen LogP contribution in [-0.2, 0) is 22.5 Å². The van der Waals surface area contributed by atoms with Gasteiger partial charge in [0.15, 0.2) is 5.96 Å². The van der Waals surface area contributed by atoms with Crippen LogP contribution < -0.4 is 10.6 Å². The molecule has 1 heterocycles. The summed E-state index contributed by atoms with van der Waals surface area (Å²) in [6, 6.07) is 14.2. The fraction of sp³-hybridized carbons (Fsp3) is 0.375. The van der Waals surface area contributed by atoms with Crippen molar-refractivity contribution >= 4 is 17.8 Å². The van der Waals surface area contributed by atoms with E-state index in [0.29, 0.717) is 18.6 Å². The van der Waals surface area contributed by atoms with E-state index < -0.39 is 17.7 Å². The lowest BCUT2D eigenvalue weighted by atomic mass is 9.95. The van der Waals surface area contributed by atoms with Gasteiger partial charge in [-0.1, -0.05) is 36.4 Å². The van der Waals surface area contributed by atoms with Crippen LogP contribution >= 0.6 is 0 Å². The number of aliphatic hydroxyl groups excluding tert-OH is 1. The number of hydrogen-bond acceptors (Lipinski definition) is 5. The van der Waals surface area contributed by atoms with Gasteiger partial charge in [-0.3, -0.25) is 19.9 Å². The van der Waals surface area contributed by atoms with Gasteiger partial charge in [-0.15, -0.1) is 0 Å². The molecule has 0 saturated carbocycles. The van der Waals surface area contributed by atoms with Crippen LogP contribution in [0.15, 0.2) is 48.5 Å². The maximum Gasteiger partial charge on any atom is 0.251 e. The predicted octanol–water partition coefficient (Wildman–Crippen LogP) is 1.74. The molecule has 4 N–H and O–H groups in total. The van der Waals surface area contributed by atoms with E-state index in [1.165, 1.54) is 4.90 Å². The van der Waals surface area contributed by atoms with Crippen LogP contribution in [0.4, 0.5) is 0 Å². The van der Waals surface area contributed by atoms with Crippen molar-refractivity contribution in [3.63, 3.8) is 0 Å². The van der Waals surface area contributed by atoms with E-state index >= 15 is 0 Å². The van der Waals surface area contributed by atoms with Gasteiger partial charge >= 0.3 is 0 Å². The summed E-state index contributed by atoms with van der Waals surface area (Å²) in [4.78, 5) is 27.0. The number of guanidine groups is 1. The van der Waals surface area contributed by atoms with Crippen molar-refractivity contribution in [2.75, 3.05) is 13.7 Å². The third kappa shape index (κ3) is 4.37. The fourth-order valence-corrected chi connectivity index (χ4v) is 4.49. The van der Waals surface area contributed by atoms with Crippen molar-refractivity contribution in [3.05, 3.63) is 70.8 Å². The van der Waals surface area contributed by atoms with Gasteiger partial charge in [0, 0.05) is 19.1 Å². The fourth-order valence-electron chi connectivity index (χ4n) is 4.49. The molecule has 0 aromatic heterocycles. The van der Waals surface area contributed by atoms with Crippen molar-refractivity contribution in [2.24, 2.45) is 0 Å². The Kier molecular flexibility index (Phi) is 5.99. The van der Waals surface area contributed by atoms with Gasteiger partial charge in [0.25, 0.3) is 5.91 Å². The lowest BCUT2D eigenvalue weighted by Crippen LogP contribution is -2.62. The van der Waals surface area contributed by atoms with Crippen LogP contribution in [0.25, 0.3) is 0 Å². The SMILES string of the molecule is COCC1(C)CC(=O)N(Cc2cccc(C(=O)N[C@@H]3c4ccccc4CC3O)c2)C(=N)N1. The smallest absolute Gasteiger partial charge is 0.251 e. The molecule has 168 valence electrons. The van der Waals surface area contributed by atoms with E-state index in [0.717, 1.165) is 16.7 Å². The summed E-state index contributed by atoms with van der Waals surface area (Å²) in [7, 11) is 1.56. The number of carbonyl (C=O) groups is 2. The van der Waals surface area contributed by atoms with E-state index in [1.807, 2.05) is 37.3 Å². The minimum absolute atomic E-state index is 0.0151. The van der Waals surface area contributed by atoms with E-state index in [-0.39, 0.29) is 30.7 Å².